The molecule has 0 amide bonds. The molecule has 8 heteroatoms. The number of aliphatic hydroxyl groups excluding tert-OH is 1. The van der Waals surface area contributed by atoms with Gasteiger partial charge in [0.05, 0.1) is 6.61 Å². The molecule has 0 spiro atoms. The summed E-state index contributed by atoms with van der Waals surface area (Å²) in [4.78, 5) is 8.29. The first kappa shape index (κ1) is 19.2. The molecule has 0 saturated heterocycles. The Hall–Kier alpha value is -0.820. The van der Waals surface area contributed by atoms with Gasteiger partial charge in [0, 0.05) is 24.8 Å². The van der Waals surface area contributed by atoms with Gasteiger partial charge in [0.1, 0.15) is 6.10 Å². The van der Waals surface area contributed by atoms with Crippen molar-refractivity contribution in [3.63, 3.8) is 0 Å². The summed E-state index contributed by atoms with van der Waals surface area (Å²) in [5, 5.41) is 11.6. The average molecular weight is 325 g/mol. The fourth-order valence-electron chi connectivity index (χ4n) is 2.04. The van der Waals surface area contributed by atoms with Crippen LogP contribution in [0.5, 0.6) is 5.88 Å². The highest BCUT2D eigenvalue weighted by Crippen LogP contribution is 2.22. The fraction of sp³-hybridized carbons (Fsp3) is 0.667. The van der Waals surface area contributed by atoms with Crippen molar-refractivity contribution in [2.45, 2.75) is 37.8 Å². The molecule has 0 unspecified atom stereocenters. The molecule has 6 nitrogen and oxygen atoms in total. The SMILES string of the molecule is Cl.Cl.N[C@H]1CC[C@H](Oc2ccnc(NCCO)n2)CC1. The smallest absolute Gasteiger partial charge is 0.226 e. The van der Waals surface area contributed by atoms with E-state index in [1.165, 1.54) is 0 Å². The number of nitrogens with two attached hydrogens (primary N) is 1. The topological polar surface area (TPSA) is 93.3 Å². The number of aromatic nitrogens is 2. The van der Waals surface area contributed by atoms with Gasteiger partial charge in [-0.3, -0.25) is 0 Å². The largest absolute Gasteiger partial charge is 0.474 e. The highest BCUT2D eigenvalue weighted by atomic mass is 35.5. The Labute approximate surface area is 131 Å². The van der Waals surface area contributed by atoms with Crippen molar-refractivity contribution in [2.75, 3.05) is 18.5 Å². The van der Waals surface area contributed by atoms with Crippen molar-refractivity contribution in [3.05, 3.63) is 12.3 Å². The van der Waals surface area contributed by atoms with Crippen LogP contribution in [0.25, 0.3) is 0 Å². The van der Waals surface area contributed by atoms with Gasteiger partial charge in [0.25, 0.3) is 0 Å². The Kier molecular flexibility index (Phi) is 9.58. The maximum atomic E-state index is 8.72. The monoisotopic (exact) mass is 324 g/mol. The van der Waals surface area contributed by atoms with Gasteiger partial charge in [0.15, 0.2) is 0 Å². The van der Waals surface area contributed by atoms with E-state index in [0.717, 1.165) is 25.7 Å². The Morgan fingerprint density at radius 2 is 2.00 bits per heavy atom. The average Bonchev–Trinajstić information content (AvgIpc) is 2.40. The third-order valence-corrected chi connectivity index (χ3v) is 3.03. The number of rotatable bonds is 5. The number of nitrogens with one attached hydrogen (secondary N) is 1. The van der Waals surface area contributed by atoms with Crippen molar-refractivity contribution in [1.82, 2.24) is 9.97 Å². The van der Waals surface area contributed by atoms with E-state index < -0.39 is 0 Å². The van der Waals surface area contributed by atoms with Gasteiger partial charge in [-0.2, -0.15) is 4.98 Å². The van der Waals surface area contributed by atoms with Gasteiger partial charge in [0.2, 0.25) is 11.8 Å². The molecule has 2 rings (SSSR count). The van der Waals surface area contributed by atoms with Crippen LogP contribution < -0.4 is 15.8 Å². The zero-order valence-corrected chi connectivity index (χ0v) is 12.8. The van der Waals surface area contributed by atoms with Crippen LogP contribution in [0.15, 0.2) is 12.3 Å². The van der Waals surface area contributed by atoms with Crippen LogP contribution in [0.2, 0.25) is 0 Å². The van der Waals surface area contributed by atoms with Crippen LogP contribution in [0.3, 0.4) is 0 Å². The molecule has 1 aromatic rings. The zero-order valence-electron chi connectivity index (χ0n) is 11.2. The third-order valence-electron chi connectivity index (χ3n) is 3.03. The lowest BCUT2D eigenvalue weighted by molar-refractivity contribution is 0.141. The zero-order chi connectivity index (χ0) is 12.8. The second-order valence-electron chi connectivity index (χ2n) is 4.52. The fourth-order valence-corrected chi connectivity index (χ4v) is 2.04. The van der Waals surface area contributed by atoms with Gasteiger partial charge >= 0.3 is 0 Å². The molecule has 0 radical (unpaired) electrons. The summed E-state index contributed by atoms with van der Waals surface area (Å²) in [6.45, 7) is 0.483. The van der Waals surface area contributed by atoms with Gasteiger partial charge in [-0.1, -0.05) is 0 Å². The lowest BCUT2D eigenvalue weighted by Gasteiger charge is -2.26. The van der Waals surface area contributed by atoms with E-state index in [2.05, 4.69) is 15.3 Å². The summed E-state index contributed by atoms with van der Waals surface area (Å²) in [5.74, 6) is 1.06. The normalized spacial score (nSPS) is 21.3. The minimum Gasteiger partial charge on any atom is -0.474 e. The molecule has 1 heterocycles. The number of ether oxygens (including phenoxy) is 1. The van der Waals surface area contributed by atoms with Crippen molar-refractivity contribution >= 4 is 30.8 Å². The number of hydrogen-bond acceptors (Lipinski definition) is 6. The lowest BCUT2D eigenvalue weighted by atomic mass is 9.94. The Morgan fingerprint density at radius 3 is 2.65 bits per heavy atom. The van der Waals surface area contributed by atoms with Crippen LogP contribution >= 0.6 is 24.8 Å². The number of hydrogen-bond donors (Lipinski definition) is 3. The second kappa shape index (κ2) is 9.99. The molecule has 1 aliphatic carbocycles. The molecule has 1 saturated carbocycles. The maximum absolute atomic E-state index is 8.72. The van der Waals surface area contributed by atoms with Crippen LogP contribution in [-0.4, -0.2) is 40.4 Å². The van der Waals surface area contributed by atoms with Gasteiger partial charge in [-0.15, -0.1) is 24.8 Å². The summed E-state index contributed by atoms with van der Waals surface area (Å²) >= 11 is 0. The van der Waals surface area contributed by atoms with Crippen molar-refractivity contribution in [2.24, 2.45) is 5.73 Å². The molecule has 0 bridgehead atoms. The van der Waals surface area contributed by atoms with Gasteiger partial charge in [-0.05, 0) is 25.7 Å². The van der Waals surface area contributed by atoms with Crippen LogP contribution in [-0.2, 0) is 0 Å². The number of nitrogens with zero attached hydrogens (tertiary/aromatic N) is 2. The van der Waals surface area contributed by atoms with E-state index in [1.807, 2.05) is 0 Å². The molecule has 0 atom stereocenters. The van der Waals surface area contributed by atoms with Crippen molar-refractivity contribution in [1.29, 1.82) is 0 Å². The molecule has 0 aromatic carbocycles. The summed E-state index contributed by atoms with van der Waals surface area (Å²) < 4.78 is 5.82. The Morgan fingerprint density at radius 1 is 1.30 bits per heavy atom. The van der Waals surface area contributed by atoms with E-state index in [4.69, 9.17) is 15.6 Å². The number of anilines is 1. The predicted molar refractivity (Wildman–Crippen MR) is 83.0 cm³/mol. The number of aliphatic hydroxyl groups is 1. The van der Waals surface area contributed by atoms with Gasteiger partial charge in [-0.25, -0.2) is 4.98 Å². The molecule has 4 N–H and O–H groups in total. The minimum absolute atomic E-state index is 0. The first-order chi connectivity index (χ1) is 8.78. The molecule has 20 heavy (non-hydrogen) atoms. The van der Waals surface area contributed by atoms with E-state index in [1.54, 1.807) is 12.3 Å². The predicted octanol–water partition coefficient (Wildman–Crippen LogP) is 1.37. The summed E-state index contributed by atoms with van der Waals surface area (Å²) in [6, 6.07) is 2.07. The van der Waals surface area contributed by atoms with E-state index in [0.29, 0.717) is 24.4 Å². The molecule has 0 aliphatic heterocycles. The highest BCUT2D eigenvalue weighted by Gasteiger charge is 2.20. The van der Waals surface area contributed by atoms with Crippen molar-refractivity contribution < 1.29 is 9.84 Å². The van der Waals surface area contributed by atoms with Crippen molar-refractivity contribution in [3.8, 4) is 5.88 Å². The number of halogens is 2. The molecule has 116 valence electrons. The van der Waals surface area contributed by atoms with E-state index >= 15 is 0 Å². The quantitative estimate of drug-likeness (QED) is 0.757. The summed E-state index contributed by atoms with van der Waals surface area (Å²) in [6.07, 6.45) is 5.81. The third kappa shape index (κ3) is 6.09. The molecule has 1 aliphatic rings. The Balaban J connectivity index is 0.00000180. The lowest BCUT2D eigenvalue weighted by Crippen LogP contribution is -2.31. The first-order valence-corrected chi connectivity index (χ1v) is 6.38. The van der Waals surface area contributed by atoms with Crippen LogP contribution in [0.4, 0.5) is 5.95 Å². The summed E-state index contributed by atoms with van der Waals surface area (Å²) in [7, 11) is 0. The van der Waals surface area contributed by atoms with Crippen LogP contribution in [0.1, 0.15) is 25.7 Å². The molecule has 1 fully saturated rings. The molecular weight excluding hydrogens is 303 g/mol. The van der Waals surface area contributed by atoms with E-state index in [9.17, 15) is 0 Å². The van der Waals surface area contributed by atoms with E-state index in [-0.39, 0.29) is 37.5 Å². The standard InChI is InChI=1S/C12H20N4O2.2ClH/c13-9-1-3-10(4-2-9)18-11-5-6-14-12(16-11)15-7-8-17;;/h5-6,9-10,17H,1-4,7-8,13H2,(H,14,15,16);2*1H/t9-,10-;;. The van der Waals surface area contributed by atoms with Gasteiger partial charge < -0.3 is 20.9 Å². The molecular formula is C12H22Cl2N4O2. The first-order valence-electron chi connectivity index (χ1n) is 6.38. The maximum Gasteiger partial charge on any atom is 0.226 e. The summed E-state index contributed by atoms with van der Waals surface area (Å²) in [5.41, 5.74) is 5.85. The Bertz CT molecular complexity index is 376. The highest BCUT2D eigenvalue weighted by molar-refractivity contribution is 5.85. The molecule has 1 aromatic heterocycles. The minimum atomic E-state index is 0. The van der Waals surface area contributed by atoms with Crippen LogP contribution in [0, 0.1) is 0 Å². The second-order valence-corrected chi connectivity index (χ2v) is 4.52.